The van der Waals surface area contributed by atoms with Crippen LogP contribution in [0.5, 0.6) is 0 Å². The third-order valence-corrected chi connectivity index (χ3v) is 4.01. The van der Waals surface area contributed by atoms with Gasteiger partial charge < -0.3 is 15.1 Å². The predicted octanol–water partition coefficient (Wildman–Crippen LogP) is 5.13. The fourth-order valence-electron chi connectivity index (χ4n) is 2.48. The van der Waals surface area contributed by atoms with Crippen LogP contribution < -0.4 is 10.6 Å². The Morgan fingerprint density at radius 1 is 1.04 bits per heavy atom. The highest BCUT2D eigenvalue weighted by atomic mass is 35.5. The molecule has 0 bridgehead atoms. The molecule has 0 saturated heterocycles. The van der Waals surface area contributed by atoms with Gasteiger partial charge in [0.05, 0.1) is 11.5 Å². The minimum atomic E-state index is -0.410. The molecule has 0 radical (unpaired) electrons. The Kier molecular flexibility index (Phi) is 7.67. The minimum absolute atomic E-state index is 0. The van der Waals surface area contributed by atoms with Crippen LogP contribution in [0.3, 0.4) is 0 Å². The summed E-state index contributed by atoms with van der Waals surface area (Å²) in [7, 11) is 0. The van der Waals surface area contributed by atoms with Crippen LogP contribution in [0.25, 0.3) is 11.3 Å². The van der Waals surface area contributed by atoms with Gasteiger partial charge in [0, 0.05) is 41.5 Å². The Hall–Kier alpha value is -2.54. The highest BCUT2D eigenvalue weighted by molar-refractivity contribution is 6.30. The molecule has 1 aromatic heterocycles. The van der Waals surface area contributed by atoms with Crippen molar-refractivity contribution in [1.82, 2.24) is 5.32 Å². The molecule has 0 aliphatic rings. The maximum Gasteiger partial charge on any atom is 0.269 e. The van der Waals surface area contributed by atoms with Crippen molar-refractivity contribution in [2.75, 3.05) is 18.4 Å². The van der Waals surface area contributed by atoms with Crippen LogP contribution in [0.1, 0.15) is 5.76 Å². The van der Waals surface area contributed by atoms with E-state index in [0.717, 1.165) is 29.3 Å². The number of hydrogen-bond acceptors (Lipinski definition) is 5. The van der Waals surface area contributed by atoms with Gasteiger partial charge >= 0.3 is 0 Å². The van der Waals surface area contributed by atoms with Crippen molar-refractivity contribution in [3.8, 4) is 11.3 Å². The highest BCUT2D eigenvalue weighted by Gasteiger charge is 2.05. The summed E-state index contributed by atoms with van der Waals surface area (Å²) in [5.41, 5.74) is 1.88. The topological polar surface area (TPSA) is 80.3 Å². The average Bonchev–Trinajstić information content (AvgIpc) is 3.11. The minimum Gasteiger partial charge on any atom is -0.460 e. The van der Waals surface area contributed by atoms with Crippen molar-refractivity contribution < 1.29 is 9.34 Å². The van der Waals surface area contributed by atoms with E-state index in [1.165, 1.54) is 12.1 Å². The molecule has 3 rings (SSSR count). The summed E-state index contributed by atoms with van der Waals surface area (Å²) in [6.07, 6.45) is 0. The molecule has 2 aromatic carbocycles. The maximum atomic E-state index is 10.6. The van der Waals surface area contributed by atoms with E-state index < -0.39 is 4.92 Å². The number of nitro groups is 1. The maximum absolute atomic E-state index is 10.6. The normalized spacial score (nSPS) is 10.3. The lowest BCUT2D eigenvalue weighted by Crippen LogP contribution is -2.21. The number of nitro benzene ring substituents is 1. The van der Waals surface area contributed by atoms with E-state index in [2.05, 4.69) is 10.6 Å². The number of nitrogens with zero attached hydrogens (tertiary/aromatic N) is 1. The number of furan rings is 1. The van der Waals surface area contributed by atoms with Crippen LogP contribution in [0.4, 0.5) is 11.4 Å². The lowest BCUT2D eigenvalue weighted by atomic mass is 10.2. The Labute approximate surface area is 168 Å². The largest absolute Gasteiger partial charge is 0.460 e. The van der Waals surface area contributed by atoms with Gasteiger partial charge in [-0.3, -0.25) is 10.1 Å². The van der Waals surface area contributed by atoms with Crippen LogP contribution in [-0.2, 0) is 6.54 Å². The lowest BCUT2D eigenvalue weighted by Gasteiger charge is -2.07. The molecule has 6 nitrogen and oxygen atoms in total. The zero-order chi connectivity index (χ0) is 18.4. The Morgan fingerprint density at radius 3 is 2.52 bits per heavy atom. The predicted molar refractivity (Wildman–Crippen MR) is 110 cm³/mol. The van der Waals surface area contributed by atoms with Gasteiger partial charge in [-0.2, -0.15) is 0 Å². The molecule has 0 aliphatic heterocycles. The van der Waals surface area contributed by atoms with Crippen molar-refractivity contribution in [3.05, 3.63) is 81.6 Å². The molecule has 0 unspecified atom stereocenters. The van der Waals surface area contributed by atoms with E-state index in [1.54, 1.807) is 12.1 Å². The van der Waals surface area contributed by atoms with E-state index in [0.29, 0.717) is 18.1 Å². The number of nitrogens with one attached hydrogen (secondary N) is 2. The van der Waals surface area contributed by atoms with Gasteiger partial charge in [-0.05, 0) is 36.4 Å². The number of hydrogen-bond donors (Lipinski definition) is 2. The molecule has 0 saturated carbocycles. The van der Waals surface area contributed by atoms with Crippen LogP contribution in [0.15, 0.2) is 65.1 Å². The lowest BCUT2D eigenvalue weighted by molar-refractivity contribution is -0.384. The molecule has 142 valence electrons. The van der Waals surface area contributed by atoms with Crippen LogP contribution in [0, 0.1) is 10.1 Å². The first-order valence-electron chi connectivity index (χ1n) is 8.15. The molecule has 0 amide bonds. The number of benzene rings is 2. The second-order valence-electron chi connectivity index (χ2n) is 5.68. The van der Waals surface area contributed by atoms with Crippen molar-refractivity contribution in [1.29, 1.82) is 0 Å². The van der Waals surface area contributed by atoms with Gasteiger partial charge in [-0.15, -0.1) is 12.4 Å². The summed E-state index contributed by atoms with van der Waals surface area (Å²) in [5.74, 6) is 1.63. The molecule has 27 heavy (non-hydrogen) atoms. The van der Waals surface area contributed by atoms with Crippen molar-refractivity contribution in [2.45, 2.75) is 6.54 Å². The molecule has 1 heterocycles. The van der Waals surface area contributed by atoms with E-state index in [-0.39, 0.29) is 18.1 Å². The molecule has 2 N–H and O–H groups in total. The van der Waals surface area contributed by atoms with E-state index in [1.807, 2.05) is 36.4 Å². The van der Waals surface area contributed by atoms with E-state index in [4.69, 9.17) is 16.0 Å². The third-order valence-electron chi connectivity index (χ3n) is 3.78. The molecule has 8 heteroatoms. The summed E-state index contributed by atoms with van der Waals surface area (Å²) in [6, 6.07) is 17.8. The third kappa shape index (κ3) is 5.99. The number of rotatable bonds is 8. The zero-order valence-corrected chi connectivity index (χ0v) is 15.9. The molecule has 0 atom stereocenters. The van der Waals surface area contributed by atoms with Gasteiger partial charge in [-0.1, -0.05) is 23.7 Å². The molecular formula is C19H19Cl2N3O3. The van der Waals surface area contributed by atoms with Crippen molar-refractivity contribution in [3.63, 3.8) is 0 Å². The first-order chi connectivity index (χ1) is 12.6. The summed E-state index contributed by atoms with van der Waals surface area (Å²) >= 11 is 6.00. The smallest absolute Gasteiger partial charge is 0.269 e. The Morgan fingerprint density at radius 2 is 1.81 bits per heavy atom. The van der Waals surface area contributed by atoms with Gasteiger partial charge in [0.25, 0.3) is 5.69 Å². The zero-order valence-electron chi connectivity index (χ0n) is 14.4. The number of anilines is 1. The average molecular weight is 408 g/mol. The molecule has 0 fully saturated rings. The second-order valence-corrected chi connectivity index (χ2v) is 6.12. The van der Waals surface area contributed by atoms with Crippen molar-refractivity contribution in [2.24, 2.45) is 0 Å². The summed E-state index contributed by atoms with van der Waals surface area (Å²) in [4.78, 5) is 10.2. The first-order valence-corrected chi connectivity index (χ1v) is 8.53. The van der Waals surface area contributed by atoms with Crippen LogP contribution >= 0.6 is 24.0 Å². The van der Waals surface area contributed by atoms with Crippen molar-refractivity contribution >= 4 is 35.4 Å². The molecular weight excluding hydrogens is 389 g/mol. The molecule has 3 aromatic rings. The van der Waals surface area contributed by atoms with Gasteiger partial charge in [0.1, 0.15) is 11.5 Å². The van der Waals surface area contributed by atoms with E-state index >= 15 is 0 Å². The molecule has 0 aliphatic carbocycles. The fraction of sp³-hybridized carbons (Fsp3) is 0.158. The first kappa shape index (κ1) is 20.8. The van der Waals surface area contributed by atoms with Crippen LogP contribution in [-0.4, -0.2) is 18.0 Å². The number of halogens is 2. The summed E-state index contributed by atoms with van der Waals surface area (Å²) in [6.45, 7) is 2.03. The fourth-order valence-corrected chi connectivity index (χ4v) is 2.67. The monoisotopic (exact) mass is 407 g/mol. The highest BCUT2D eigenvalue weighted by Crippen LogP contribution is 2.24. The van der Waals surface area contributed by atoms with Gasteiger partial charge in [-0.25, -0.2) is 0 Å². The Balaban J connectivity index is 0.00000261. The van der Waals surface area contributed by atoms with E-state index in [9.17, 15) is 10.1 Å². The van der Waals surface area contributed by atoms with Gasteiger partial charge in [0.2, 0.25) is 0 Å². The summed E-state index contributed by atoms with van der Waals surface area (Å²) < 4.78 is 5.82. The standard InChI is InChI=1S/C19H18ClN3O3.ClH/c20-15-3-1-2-14(12-15)19-9-8-18(26-19)13-21-10-11-22-16-4-6-17(7-5-16)23(24)25;/h1-9,12,21-22H,10-11,13H2;1H. The second kappa shape index (κ2) is 9.97. The molecule has 0 spiro atoms. The SMILES string of the molecule is Cl.O=[N+]([O-])c1ccc(NCCNCc2ccc(-c3cccc(Cl)c3)o2)cc1. The quantitative estimate of drug-likeness (QED) is 0.307. The number of non-ortho nitro benzene ring substituents is 1. The van der Waals surface area contributed by atoms with Crippen LogP contribution in [0.2, 0.25) is 5.02 Å². The Bertz CT molecular complexity index is 882. The van der Waals surface area contributed by atoms with Gasteiger partial charge in [0.15, 0.2) is 0 Å². The summed E-state index contributed by atoms with van der Waals surface area (Å²) in [5, 5.41) is 17.8.